The van der Waals surface area contributed by atoms with E-state index in [4.69, 9.17) is 5.73 Å². The number of benzene rings is 3. The van der Waals surface area contributed by atoms with Crippen LogP contribution in [0.2, 0.25) is 0 Å². The molecular formula is C32H29NO8. The van der Waals surface area contributed by atoms with Crippen LogP contribution in [0, 0.1) is 17.8 Å². The van der Waals surface area contributed by atoms with Crippen LogP contribution in [0.15, 0.2) is 78.1 Å². The third-order valence-corrected chi connectivity index (χ3v) is 9.09. The lowest BCUT2D eigenvalue weighted by Gasteiger charge is -2.52. The number of aliphatic hydroxyl groups excluding tert-OH is 3. The van der Waals surface area contributed by atoms with Gasteiger partial charge in [0.2, 0.25) is 5.91 Å². The highest BCUT2D eigenvalue weighted by molar-refractivity contribution is 6.17. The van der Waals surface area contributed by atoms with Crippen LogP contribution in [0.3, 0.4) is 0 Å². The summed E-state index contributed by atoms with van der Waals surface area (Å²) in [7, 11) is 0. The lowest BCUT2D eigenvalue weighted by Crippen LogP contribution is -2.67. The zero-order valence-electron chi connectivity index (χ0n) is 22.1. The zero-order chi connectivity index (χ0) is 29.4. The van der Waals surface area contributed by atoms with Gasteiger partial charge in [-0.1, -0.05) is 67.6 Å². The van der Waals surface area contributed by atoms with E-state index < -0.39 is 76.7 Å². The summed E-state index contributed by atoms with van der Waals surface area (Å²) in [6.45, 7) is 1.73. The molecular weight excluding hydrogens is 526 g/mol. The average Bonchev–Trinajstić information content (AvgIpc) is 2.96. The second kappa shape index (κ2) is 9.37. The van der Waals surface area contributed by atoms with Crippen molar-refractivity contribution in [2.45, 2.75) is 37.1 Å². The van der Waals surface area contributed by atoms with Gasteiger partial charge in [0.15, 0.2) is 17.2 Å². The van der Waals surface area contributed by atoms with Gasteiger partial charge in [0.25, 0.3) is 0 Å². The number of carbonyl (C=O) groups excluding carboxylic acids is 3. The monoisotopic (exact) mass is 555 g/mol. The number of nitrogens with two attached hydrogens (primary N) is 1. The van der Waals surface area contributed by atoms with Gasteiger partial charge in [0.1, 0.15) is 17.4 Å². The molecule has 0 saturated heterocycles. The summed E-state index contributed by atoms with van der Waals surface area (Å²) in [6.07, 6.45) is -3.57. The first-order valence-corrected chi connectivity index (χ1v) is 13.4. The highest BCUT2D eigenvalue weighted by Gasteiger charge is 2.66. The van der Waals surface area contributed by atoms with Gasteiger partial charge in [-0.2, -0.15) is 0 Å². The predicted molar refractivity (Wildman–Crippen MR) is 148 cm³/mol. The number of aliphatic hydroxyl groups is 4. The number of phenolic OH excluding ortho intramolecular Hbond substituents is 1. The van der Waals surface area contributed by atoms with Gasteiger partial charge in [0, 0.05) is 23.0 Å². The SMILES string of the molecule is C[C@H]1c2c(-c3ccccc3)cc(-c3ccccc3)c(O)c2C(=O)C2=C(O)[C@]3(O)C(=O)C(C(N)=O)C(O)C[C@@H]3[C@@H](O)[C@@H]21. The summed E-state index contributed by atoms with van der Waals surface area (Å²) in [6, 6.07) is 20.0. The number of carbonyl (C=O) groups is 3. The Morgan fingerprint density at radius 3 is 2.05 bits per heavy atom. The Hall–Kier alpha value is -4.31. The molecule has 0 aliphatic heterocycles. The summed E-state index contributed by atoms with van der Waals surface area (Å²) < 4.78 is 0. The van der Waals surface area contributed by atoms with Gasteiger partial charge in [-0.05, 0) is 40.7 Å². The fraction of sp³-hybridized carbons (Fsp3) is 0.281. The largest absolute Gasteiger partial charge is 0.508 e. The van der Waals surface area contributed by atoms with E-state index in [0.29, 0.717) is 22.3 Å². The molecule has 6 rings (SSSR count). The molecule has 1 saturated carbocycles. The molecule has 7 N–H and O–H groups in total. The number of aromatic hydroxyl groups is 1. The van der Waals surface area contributed by atoms with Crippen LogP contribution >= 0.6 is 0 Å². The number of hydrogen-bond donors (Lipinski definition) is 6. The van der Waals surface area contributed by atoms with Crippen molar-refractivity contribution in [2.24, 2.45) is 23.5 Å². The molecule has 1 amide bonds. The van der Waals surface area contributed by atoms with Gasteiger partial charge >= 0.3 is 0 Å². The number of rotatable bonds is 3. The van der Waals surface area contributed by atoms with Gasteiger partial charge in [-0.3, -0.25) is 14.4 Å². The maximum absolute atomic E-state index is 14.3. The number of Topliss-reactive ketones (excluding diaryl/α,β-unsaturated/α-hetero) is 2. The van der Waals surface area contributed by atoms with E-state index in [9.17, 15) is 39.9 Å². The Bertz CT molecular complexity index is 1630. The average molecular weight is 556 g/mol. The molecule has 210 valence electrons. The Morgan fingerprint density at radius 1 is 0.927 bits per heavy atom. The van der Waals surface area contributed by atoms with Crippen molar-refractivity contribution in [2.75, 3.05) is 0 Å². The molecule has 3 aliphatic carbocycles. The predicted octanol–water partition coefficient (Wildman–Crippen LogP) is 2.61. The number of phenols is 1. The number of primary amides is 1. The summed E-state index contributed by atoms with van der Waals surface area (Å²) in [5.74, 6) is -9.70. The van der Waals surface area contributed by atoms with E-state index in [-0.39, 0.29) is 11.3 Å². The van der Waals surface area contributed by atoms with Crippen LogP contribution in [-0.4, -0.2) is 60.8 Å². The van der Waals surface area contributed by atoms with E-state index in [0.717, 1.165) is 5.56 Å². The molecule has 0 bridgehead atoms. The molecule has 3 aliphatic rings. The summed E-state index contributed by atoms with van der Waals surface area (Å²) in [5, 5.41) is 56.8. The standard InChI is InChI=1S/C32H29NO8/c1-14-21-17(15-8-4-2-5-9-15)12-18(16-10-6-3-7-11-16)26(35)24(21)28(37)25-22(14)27(36)19-13-20(34)23(31(33)40)29(38)32(19,41)30(25)39/h2-12,14,19-20,22-23,27,34-36,39,41H,13H2,1H3,(H2,33,40)/t14-,19+,20?,22+,23?,27+,32+/m0/s1. The zero-order valence-corrected chi connectivity index (χ0v) is 22.1. The van der Waals surface area contributed by atoms with Crippen LogP contribution in [0.25, 0.3) is 22.3 Å². The second-order valence-corrected chi connectivity index (χ2v) is 11.2. The summed E-state index contributed by atoms with van der Waals surface area (Å²) >= 11 is 0. The number of hydrogen-bond acceptors (Lipinski definition) is 8. The fourth-order valence-corrected chi connectivity index (χ4v) is 7.15. The van der Waals surface area contributed by atoms with E-state index in [2.05, 4.69) is 0 Å². The minimum absolute atomic E-state index is 0.112. The molecule has 0 heterocycles. The van der Waals surface area contributed by atoms with Gasteiger partial charge in [-0.25, -0.2) is 0 Å². The van der Waals surface area contributed by atoms with Crippen LogP contribution in [-0.2, 0) is 9.59 Å². The Morgan fingerprint density at radius 2 is 1.49 bits per heavy atom. The minimum atomic E-state index is -2.83. The molecule has 0 radical (unpaired) electrons. The topological polar surface area (TPSA) is 178 Å². The lowest BCUT2D eigenvalue weighted by molar-refractivity contribution is -0.179. The highest BCUT2D eigenvalue weighted by atomic mass is 16.4. The smallest absolute Gasteiger partial charge is 0.230 e. The van der Waals surface area contributed by atoms with Gasteiger partial charge in [0.05, 0.1) is 17.8 Å². The maximum Gasteiger partial charge on any atom is 0.230 e. The highest BCUT2D eigenvalue weighted by Crippen LogP contribution is 2.57. The molecule has 0 spiro atoms. The lowest BCUT2D eigenvalue weighted by atomic mass is 9.54. The van der Waals surface area contributed by atoms with Crippen LogP contribution in [0.4, 0.5) is 0 Å². The van der Waals surface area contributed by atoms with Crippen molar-refractivity contribution in [1.29, 1.82) is 0 Å². The van der Waals surface area contributed by atoms with Gasteiger partial charge in [-0.15, -0.1) is 0 Å². The first-order chi connectivity index (χ1) is 19.5. The maximum atomic E-state index is 14.3. The van der Waals surface area contributed by atoms with Crippen molar-refractivity contribution in [1.82, 2.24) is 0 Å². The Balaban J connectivity index is 1.65. The molecule has 9 heteroatoms. The van der Waals surface area contributed by atoms with Crippen molar-refractivity contribution in [3.63, 3.8) is 0 Å². The number of ketones is 2. The number of fused-ring (bicyclic) bond motifs is 3. The van der Waals surface area contributed by atoms with E-state index in [1.54, 1.807) is 37.3 Å². The van der Waals surface area contributed by atoms with E-state index >= 15 is 0 Å². The molecule has 2 unspecified atom stereocenters. The molecule has 1 fully saturated rings. The Labute approximate surface area is 235 Å². The Kier molecular flexibility index (Phi) is 6.15. The third kappa shape index (κ3) is 3.63. The van der Waals surface area contributed by atoms with Crippen molar-refractivity contribution >= 4 is 17.5 Å². The van der Waals surface area contributed by atoms with Crippen LogP contribution in [0.1, 0.15) is 35.2 Å². The molecule has 0 aromatic heterocycles. The first-order valence-electron chi connectivity index (χ1n) is 13.4. The molecule has 41 heavy (non-hydrogen) atoms. The summed E-state index contributed by atoms with van der Waals surface area (Å²) in [4.78, 5) is 39.7. The van der Waals surface area contributed by atoms with E-state index in [1.165, 1.54) is 0 Å². The molecule has 3 aromatic carbocycles. The fourth-order valence-electron chi connectivity index (χ4n) is 7.15. The minimum Gasteiger partial charge on any atom is -0.508 e. The van der Waals surface area contributed by atoms with Crippen LogP contribution < -0.4 is 5.73 Å². The molecule has 7 atom stereocenters. The second-order valence-electron chi connectivity index (χ2n) is 11.2. The normalized spacial score (nSPS) is 30.8. The van der Waals surface area contributed by atoms with Crippen molar-refractivity contribution in [3.05, 3.63) is 89.2 Å². The number of amides is 1. The first kappa shape index (κ1) is 26.9. The molecule has 3 aromatic rings. The van der Waals surface area contributed by atoms with Gasteiger partial charge < -0.3 is 31.3 Å². The van der Waals surface area contributed by atoms with Crippen LogP contribution in [0.5, 0.6) is 5.75 Å². The quantitative estimate of drug-likeness (QED) is 0.267. The third-order valence-electron chi connectivity index (χ3n) is 9.09. The molecule has 9 nitrogen and oxygen atoms in total. The van der Waals surface area contributed by atoms with Crippen molar-refractivity contribution < 1.29 is 39.9 Å². The van der Waals surface area contributed by atoms with Crippen molar-refractivity contribution in [3.8, 4) is 28.0 Å². The van der Waals surface area contributed by atoms with E-state index in [1.807, 2.05) is 36.4 Å². The summed E-state index contributed by atoms with van der Waals surface area (Å²) in [5.41, 5.74) is 4.81.